The molecule has 0 saturated carbocycles. The Kier molecular flexibility index (Phi) is 6.35. The minimum atomic E-state index is -3.53. The van der Waals surface area contributed by atoms with Crippen LogP contribution in [0.25, 0.3) is 0 Å². The number of piperidine rings is 1. The molecule has 3 rings (SSSR count). The second-order valence-corrected chi connectivity index (χ2v) is 8.56. The van der Waals surface area contributed by atoms with Crippen molar-refractivity contribution in [1.82, 2.24) is 9.62 Å². The van der Waals surface area contributed by atoms with Crippen LogP contribution in [0.5, 0.6) is 5.75 Å². The van der Waals surface area contributed by atoms with E-state index in [1.807, 2.05) is 6.07 Å². The third-order valence-corrected chi connectivity index (χ3v) is 6.52. The molecule has 146 valence electrons. The fraction of sp³-hybridized carbons (Fsp3) is 0.389. The van der Waals surface area contributed by atoms with Gasteiger partial charge in [-0.1, -0.05) is 6.42 Å². The van der Waals surface area contributed by atoms with Crippen LogP contribution in [-0.4, -0.2) is 38.0 Å². The van der Waals surface area contributed by atoms with E-state index >= 15 is 0 Å². The number of nitrogens with one attached hydrogen (secondary N) is 2. The molecule has 9 heteroatoms. The Labute approximate surface area is 164 Å². The maximum Gasteiger partial charge on any atom is 0.243 e. The zero-order valence-corrected chi connectivity index (χ0v) is 16.7. The number of benzene rings is 1. The van der Waals surface area contributed by atoms with Crippen LogP contribution in [0.4, 0.5) is 5.69 Å². The molecular weight excluding hydrogens is 386 g/mol. The molecule has 0 bridgehead atoms. The first-order chi connectivity index (χ1) is 13.0. The Morgan fingerprint density at radius 3 is 2.70 bits per heavy atom. The first kappa shape index (κ1) is 19.7. The van der Waals surface area contributed by atoms with Crippen LogP contribution in [-0.2, 0) is 16.6 Å². The van der Waals surface area contributed by atoms with E-state index in [4.69, 9.17) is 21.4 Å². The van der Waals surface area contributed by atoms with Gasteiger partial charge in [-0.05, 0) is 55.4 Å². The summed E-state index contributed by atoms with van der Waals surface area (Å²) in [7, 11) is -2.01. The topological polar surface area (TPSA) is 83.8 Å². The predicted octanol–water partition coefficient (Wildman–Crippen LogP) is 2.95. The summed E-state index contributed by atoms with van der Waals surface area (Å²) in [5.41, 5.74) is 0.493. The number of methoxy groups -OCH3 is 1. The van der Waals surface area contributed by atoms with Crippen molar-refractivity contribution in [2.45, 2.75) is 30.7 Å². The zero-order chi connectivity index (χ0) is 19.3. The summed E-state index contributed by atoms with van der Waals surface area (Å²) < 4.78 is 37.9. The molecule has 1 saturated heterocycles. The standard InChI is InChI=1S/C18H23N3O4S2/c1-24-17-8-7-15(27(22,23)21-9-3-2-4-10-21)12-16(17)20-18(26)19-13-14-6-5-11-25-14/h5-8,11-12H,2-4,9-10,13H2,1H3,(H2,19,20,26). The smallest absolute Gasteiger partial charge is 0.243 e. The minimum Gasteiger partial charge on any atom is -0.495 e. The molecule has 0 atom stereocenters. The van der Waals surface area contributed by atoms with E-state index in [1.165, 1.54) is 11.4 Å². The normalized spacial score (nSPS) is 15.3. The van der Waals surface area contributed by atoms with Crippen molar-refractivity contribution in [3.05, 3.63) is 42.4 Å². The van der Waals surface area contributed by atoms with Crippen LogP contribution in [0.3, 0.4) is 0 Å². The van der Waals surface area contributed by atoms with E-state index in [9.17, 15) is 8.42 Å². The summed E-state index contributed by atoms with van der Waals surface area (Å²) in [6.07, 6.45) is 4.44. The highest BCUT2D eigenvalue weighted by atomic mass is 32.2. The van der Waals surface area contributed by atoms with Crippen molar-refractivity contribution in [2.24, 2.45) is 0 Å². The summed E-state index contributed by atoms with van der Waals surface area (Å²) in [5.74, 6) is 1.25. The van der Waals surface area contributed by atoms with E-state index in [0.29, 0.717) is 36.2 Å². The second-order valence-electron chi connectivity index (χ2n) is 6.21. The molecule has 1 aromatic heterocycles. The molecule has 2 heterocycles. The van der Waals surface area contributed by atoms with Gasteiger partial charge in [-0.3, -0.25) is 0 Å². The van der Waals surface area contributed by atoms with Gasteiger partial charge in [0, 0.05) is 13.1 Å². The second kappa shape index (κ2) is 8.73. The lowest BCUT2D eigenvalue weighted by molar-refractivity contribution is 0.346. The van der Waals surface area contributed by atoms with Gasteiger partial charge < -0.3 is 19.8 Å². The number of ether oxygens (including phenoxy) is 1. The highest BCUT2D eigenvalue weighted by molar-refractivity contribution is 7.89. The molecule has 0 spiro atoms. The monoisotopic (exact) mass is 409 g/mol. The largest absolute Gasteiger partial charge is 0.495 e. The average molecular weight is 410 g/mol. The molecular formula is C18H23N3O4S2. The van der Waals surface area contributed by atoms with E-state index in [1.54, 1.807) is 30.5 Å². The van der Waals surface area contributed by atoms with E-state index in [2.05, 4.69) is 10.6 Å². The summed E-state index contributed by atoms with van der Waals surface area (Å²) in [5, 5.41) is 6.37. The van der Waals surface area contributed by atoms with Crippen molar-refractivity contribution < 1.29 is 17.6 Å². The molecule has 1 aliphatic rings. The van der Waals surface area contributed by atoms with Crippen LogP contribution < -0.4 is 15.4 Å². The molecule has 0 amide bonds. The number of hydrogen-bond donors (Lipinski definition) is 2. The van der Waals surface area contributed by atoms with Gasteiger partial charge in [0.2, 0.25) is 10.0 Å². The van der Waals surface area contributed by atoms with Crippen molar-refractivity contribution in [1.29, 1.82) is 0 Å². The first-order valence-electron chi connectivity index (χ1n) is 8.76. The Hall–Kier alpha value is -2.10. The summed E-state index contributed by atoms with van der Waals surface area (Å²) in [4.78, 5) is 0.224. The van der Waals surface area contributed by atoms with Crippen LogP contribution >= 0.6 is 12.2 Å². The molecule has 2 N–H and O–H groups in total. The molecule has 1 aromatic carbocycles. The van der Waals surface area contributed by atoms with Crippen molar-refractivity contribution >= 4 is 33.0 Å². The Bertz CT molecular complexity index is 876. The summed E-state index contributed by atoms with van der Waals surface area (Å²) in [6, 6.07) is 8.39. The lowest BCUT2D eigenvalue weighted by Crippen LogP contribution is -2.35. The first-order valence-corrected chi connectivity index (χ1v) is 10.6. The fourth-order valence-electron chi connectivity index (χ4n) is 2.95. The number of furan rings is 1. The molecule has 27 heavy (non-hydrogen) atoms. The number of thiocarbonyl (C=S) groups is 1. The fourth-order valence-corrected chi connectivity index (χ4v) is 4.67. The SMILES string of the molecule is COc1ccc(S(=O)(=O)N2CCCCC2)cc1NC(=S)NCc1ccco1. The molecule has 1 fully saturated rings. The maximum atomic E-state index is 12.9. The van der Waals surface area contributed by atoms with Gasteiger partial charge in [0.15, 0.2) is 5.11 Å². The van der Waals surface area contributed by atoms with E-state index in [-0.39, 0.29) is 4.90 Å². The maximum absolute atomic E-state index is 12.9. The number of sulfonamides is 1. The summed E-state index contributed by atoms with van der Waals surface area (Å²) >= 11 is 5.30. The Balaban J connectivity index is 1.75. The van der Waals surface area contributed by atoms with E-state index in [0.717, 1.165) is 25.0 Å². The van der Waals surface area contributed by atoms with Crippen molar-refractivity contribution in [2.75, 3.05) is 25.5 Å². The molecule has 2 aromatic rings. The van der Waals surface area contributed by atoms with Crippen LogP contribution in [0.2, 0.25) is 0 Å². The van der Waals surface area contributed by atoms with Gasteiger partial charge in [-0.2, -0.15) is 4.31 Å². The Morgan fingerprint density at radius 1 is 1.26 bits per heavy atom. The van der Waals surface area contributed by atoms with Crippen LogP contribution in [0, 0.1) is 0 Å². The molecule has 0 unspecified atom stereocenters. The highest BCUT2D eigenvalue weighted by Gasteiger charge is 2.26. The van der Waals surface area contributed by atoms with Gasteiger partial charge in [0.05, 0.1) is 30.5 Å². The van der Waals surface area contributed by atoms with E-state index < -0.39 is 10.0 Å². The molecule has 0 aliphatic carbocycles. The van der Waals surface area contributed by atoms with Gasteiger partial charge in [-0.15, -0.1) is 0 Å². The van der Waals surface area contributed by atoms with Gasteiger partial charge in [-0.25, -0.2) is 8.42 Å². The number of anilines is 1. The van der Waals surface area contributed by atoms with Gasteiger partial charge >= 0.3 is 0 Å². The molecule has 1 aliphatic heterocycles. The zero-order valence-electron chi connectivity index (χ0n) is 15.1. The van der Waals surface area contributed by atoms with Crippen molar-refractivity contribution in [3.8, 4) is 5.75 Å². The predicted molar refractivity (Wildman–Crippen MR) is 107 cm³/mol. The average Bonchev–Trinajstić information content (AvgIpc) is 3.20. The Morgan fingerprint density at radius 2 is 2.04 bits per heavy atom. The lowest BCUT2D eigenvalue weighted by Gasteiger charge is -2.26. The minimum absolute atomic E-state index is 0.224. The van der Waals surface area contributed by atoms with Crippen LogP contribution in [0.15, 0.2) is 45.9 Å². The lowest BCUT2D eigenvalue weighted by atomic mass is 10.2. The van der Waals surface area contributed by atoms with Gasteiger partial charge in [0.25, 0.3) is 0 Å². The van der Waals surface area contributed by atoms with Crippen molar-refractivity contribution in [3.63, 3.8) is 0 Å². The quantitative estimate of drug-likeness (QED) is 0.710. The number of nitrogens with zero attached hydrogens (tertiary/aromatic N) is 1. The number of hydrogen-bond acceptors (Lipinski definition) is 5. The number of rotatable bonds is 6. The molecule has 0 radical (unpaired) electrons. The third-order valence-electron chi connectivity index (χ3n) is 4.38. The summed E-state index contributed by atoms with van der Waals surface area (Å²) in [6.45, 7) is 1.54. The molecule has 7 nitrogen and oxygen atoms in total. The highest BCUT2D eigenvalue weighted by Crippen LogP contribution is 2.30. The third kappa shape index (κ3) is 4.79. The van der Waals surface area contributed by atoms with Crippen LogP contribution in [0.1, 0.15) is 25.0 Å². The van der Waals surface area contributed by atoms with Gasteiger partial charge in [0.1, 0.15) is 11.5 Å².